The summed E-state index contributed by atoms with van der Waals surface area (Å²) in [5.74, 6) is 0.955. The van der Waals surface area contributed by atoms with Crippen molar-refractivity contribution in [1.82, 2.24) is 10.2 Å². The van der Waals surface area contributed by atoms with Gasteiger partial charge in [-0.15, -0.1) is 0 Å². The lowest BCUT2D eigenvalue weighted by atomic mass is 10.0. The molecule has 1 aliphatic rings. The minimum Gasteiger partial charge on any atom is -0.497 e. The number of carbonyl (C=O) groups is 2. The Hall–Kier alpha value is -2.08. The monoisotopic (exact) mass is 348 g/mol. The van der Waals surface area contributed by atoms with Crippen molar-refractivity contribution in [3.05, 3.63) is 29.8 Å². The normalized spacial score (nSPS) is 15.0. The second-order valence-corrected chi connectivity index (χ2v) is 6.35. The fourth-order valence-electron chi connectivity index (χ4n) is 3.02. The van der Waals surface area contributed by atoms with Gasteiger partial charge in [-0.25, -0.2) is 0 Å². The molecule has 2 amide bonds. The van der Waals surface area contributed by atoms with E-state index in [2.05, 4.69) is 5.32 Å². The molecule has 1 saturated heterocycles. The maximum absolute atomic E-state index is 12.5. The molecule has 6 nitrogen and oxygen atoms in total. The number of carbonyl (C=O) groups excluding carboxylic acids is 2. The van der Waals surface area contributed by atoms with Gasteiger partial charge in [0.05, 0.1) is 13.5 Å². The highest BCUT2D eigenvalue weighted by Crippen LogP contribution is 2.16. The van der Waals surface area contributed by atoms with Crippen LogP contribution in [0.15, 0.2) is 24.3 Å². The molecule has 1 aromatic rings. The molecule has 2 rings (SSSR count). The second kappa shape index (κ2) is 10.0. The van der Waals surface area contributed by atoms with Crippen LogP contribution in [-0.2, 0) is 20.7 Å². The topological polar surface area (TPSA) is 67.9 Å². The molecule has 1 aromatic carbocycles. The first kappa shape index (κ1) is 19.2. The molecule has 0 aliphatic carbocycles. The van der Waals surface area contributed by atoms with Gasteiger partial charge in [0, 0.05) is 39.3 Å². The maximum Gasteiger partial charge on any atom is 0.226 e. The van der Waals surface area contributed by atoms with E-state index in [4.69, 9.17) is 9.47 Å². The van der Waals surface area contributed by atoms with Gasteiger partial charge in [0.1, 0.15) is 5.75 Å². The van der Waals surface area contributed by atoms with E-state index in [0.717, 1.165) is 30.6 Å². The Bertz CT molecular complexity index is 568. The SMILES string of the molecule is COCCCC(=O)NC1CCN(C(=O)Cc2cccc(OC)c2)CC1. The molecule has 0 unspecified atom stereocenters. The summed E-state index contributed by atoms with van der Waals surface area (Å²) in [6.07, 6.45) is 3.22. The van der Waals surface area contributed by atoms with Gasteiger partial charge in [-0.05, 0) is 37.0 Å². The first-order valence-electron chi connectivity index (χ1n) is 8.81. The van der Waals surface area contributed by atoms with E-state index in [1.165, 1.54) is 0 Å². The average Bonchev–Trinajstić information content (AvgIpc) is 2.62. The number of ether oxygens (including phenoxy) is 2. The maximum atomic E-state index is 12.5. The summed E-state index contributed by atoms with van der Waals surface area (Å²) >= 11 is 0. The molecule has 138 valence electrons. The van der Waals surface area contributed by atoms with Gasteiger partial charge in [0.15, 0.2) is 0 Å². The predicted octanol–water partition coefficient (Wildman–Crippen LogP) is 1.77. The highest BCUT2D eigenvalue weighted by molar-refractivity contribution is 5.79. The minimum absolute atomic E-state index is 0.0678. The molecule has 1 aliphatic heterocycles. The zero-order valence-corrected chi connectivity index (χ0v) is 15.1. The van der Waals surface area contributed by atoms with E-state index in [9.17, 15) is 9.59 Å². The van der Waals surface area contributed by atoms with E-state index in [-0.39, 0.29) is 17.9 Å². The van der Waals surface area contributed by atoms with Crippen molar-refractivity contribution in [2.75, 3.05) is 33.9 Å². The van der Waals surface area contributed by atoms with Gasteiger partial charge in [-0.3, -0.25) is 9.59 Å². The number of amides is 2. The molecule has 1 heterocycles. The van der Waals surface area contributed by atoms with Crippen molar-refractivity contribution in [2.45, 2.75) is 38.1 Å². The number of nitrogens with zero attached hydrogens (tertiary/aromatic N) is 1. The minimum atomic E-state index is 0.0678. The van der Waals surface area contributed by atoms with E-state index < -0.39 is 0 Å². The van der Waals surface area contributed by atoms with Crippen LogP contribution in [0.1, 0.15) is 31.2 Å². The lowest BCUT2D eigenvalue weighted by molar-refractivity contribution is -0.131. The van der Waals surface area contributed by atoms with E-state index >= 15 is 0 Å². The molecular formula is C19H28N2O4. The summed E-state index contributed by atoms with van der Waals surface area (Å²) in [6.45, 7) is 1.97. The van der Waals surface area contributed by atoms with Gasteiger partial charge in [0.2, 0.25) is 11.8 Å². The van der Waals surface area contributed by atoms with Crippen LogP contribution in [0.25, 0.3) is 0 Å². The molecule has 1 N–H and O–H groups in total. The third-order valence-electron chi connectivity index (χ3n) is 4.45. The highest BCUT2D eigenvalue weighted by Gasteiger charge is 2.23. The largest absolute Gasteiger partial charge is 0.497 e. The summed E-state index contributed by atoms with van der Waals surface area (Å²) in [5, 5.41) is 3.05. The number of hydrogen-bond donors (Lipinski definition) is 1. The summed E-state index contributed by atoms with van der Waals surface area (Å²) in [7, 11) is 3.26. The van der Waals surface area contributed by atoms with Gasteiger partial charge >= 0.3 is 0 Å². The first-order chi connectivity index (χ1) is 12.1. The molecule has 0 radical (unpaired) electrons. The molecule has 0 saturated carbocycles. The van der Waals surface area contributed by atoms with Crippen molar-refractivity contribution >= 4 is 11.8 Å². The number of rotatable bonds is 8. The number of piperidine rings is 1. The lowest BCUT2D eigenvalue weighted by Gasteiger charge is -2.32. The van der Waals surface area contributed by atoms with Crippen LogP contribution in [0, 0.1) is 0 Å². The van der Waals surface area contributed by atoms with Crippen molar-refractivity contribution in [1.29, 1.82) is 0 Å². The smallest absolute Gasteiger partial charge is 0.226 e. The van der Waals surface area contributed by atoms with Crippen molar-refractivity contribution in [3.63, 3.8) is 0 Å². The second-order valence-electron chi connectivity index (χ2n) is 6.35. The quantitative estimate of drug-likeness (QED) is 0.727. The Morgan fingerprint density at radius 1 is 1.24 bits per heavy atom. The number of methoxy groups -OCH3 is 2. The van der Waals surface area contributed by atoms with Crippen LogP contribution >= 0.6 is 0 Å². The van der Waals surface area contributed by atoms with Gasteiger partial charge in [-0.1, -0.05) is 12.1 Å². The third-order valence-corrected chi connectivity index (χ3v) is 4.45. The zero-order valence-electron chi connectivity index (χ0n) is 15.1. The lowest BCUT2D eigenvalue weighted by Crippen LogP contribution is -2.46. The van der Waals surface area contributed by atoms with Crippen molar-refractivity contribution in [3.8, 4) is 5.75 Å². The Morgan fingerprint density at radius 3 is 2.68 bits per heavy atom. The highest BCUT2D eigenvalue weighted by atomic mass is 16.5. The molecule has 0 atom stereocenters. The summed E-state index contributed by atoms with van der Waals surface area (Å²) in [6, 6.07) is 7.76. The van der Waals surface area contributed by atoms with Gasteiger partial charge in [0.25, 0.3) is 0 Å². The summed E-state index contributed by atoms with van der Waals surface area (Å²) < 4.78 is 10.1. The van der Waals surface area contributed by atoms with E-state index in [1.807, 2.05) is 29.2 Å². The molecular weight excluding hydrogens is 320 g/mol. The Balaban J connectivity index is 1.73. The third kappa shape index (κ3) is 6.38. The standard InChI is InChI=1S/C19H28N2O4/c1-24-12-4-7-18(22)20-16-8-10-21(11-9-16)19(23)14-15-5-3-6-17(13-15)25-2/h3,5-6,13,16H,4,7-12,14H2,1-2H3,(H,20,22). The van der Waals surface area contributed by atoms with Crippen LogP contribution in [0.3, 0.4) is 0 Å². The molecule has 0 bridgehead atoms. The Morgan fingerprint density at radius 2 is 2.00 bits per heavy atom. The average molecular weight is 348 g/mol. The van der Waals surface area contributed by atoms with Gasteiger partial charge < -0.3 is 19.7 Å². The van der Waals surface area contributed by atoms with Crippen LogP contribution < -0.4 is 10.1 Å². The van der Waals surface area contributed by atoms with Crippen molar-refractivity contribution < 1.29 is 19.1 Å². The zero-order chi connectivity index (χ0) is 18.1. The summed E-state index contributed by atoms with van der Waals surface area (Å²) in [4.78, 5) is 26.2. The van der Waals surface area contributed by atoms with Crippen LogP contribution in [0.2, 0.25) is 0 Å². The molecule has 1 fully saturated rings. The molecule has 0 spiro atoms. The van der Waals surface area contributed by atoms with Crippen LogP contribution in [0.4, 0.5) is 0 Å². The fourth-order valence-corrected chi connectivity index (χ4v) is 3.02. The predicted molar refractivity (Wildman–Crippen MR) is 95.6 cm³/mol. The van der Waals surface area contributed by atoms with Crippen molar-refractivity contribution in [2.24, 2.45) is 0 Å². The Kier molecular flexibility index (Phi) is 7.73. The first-order valence-corrected chi connectivity index (χ1v) is 8.81. The van der Waals surface area contributed by atoms with E-state index in [0.29, 0.717) is 32.5 Å². The number of benzene rings is 1. The number of nitrogens with one attached hydrogen (secondary N) is 1. The van der Waals surface area contributed by atoms with E-state index in [1.54, 1.807) is 14.2 Å². The number of likely N-dealkylation sites (tertiary alicyclic amines) is 1. The Labute approximate surface area is 149 Å². The summed E-state index contributed by atoms with van der Waals surface area (Å²) in [5.41, 5.74) is 0.956. The molecule has 0 aromatic heterocycles. The van der Waals surface area contributed by atoms with Crippen LogP contribution in [0.5, 0.6) is 5.75 Å². The van der Waals surface area contributed by atoms with Crippen LogP contribution in [-0.4, -0.2) is 56.7 Å². The fraction of sp³-hybridized carbons (Fsp3) is 0.579. The molecule has 6 heteroatoms. The van der Waals surface area contributed by atoms with Gasteiger partial charge in [-0.2, -0.15) is 0 Å². The molecule has 25 heavy (non-hydrogen) atoms. The number of hydrogen-bond acceptors (Lipinski definition) is 4.